The topological polar surface area (TPSA) is 135 Å². The summed E-state index contributed by atoms with van der Waals surface area (Å²) in [6.07, 6.45) is 5.62. The number of nitrogens with one attached hydrogen (secondary N) is 2. The fourth-order valence-electron chi connectivity index (χ4n) is 7.96. The van der Waals surface area contributed by atoms with Gasteiger partial charge in [0, 0.05) is 34.6 Å². The van der Waals surface area contributed by atoms with Crippen molar-refractivity contribution in [1.29, 1.82) is 0 Å². The molecular formula is C33H34N6O6+2. The lowest BCUT2D eigenvalue weighted by Crippen LogP contribution is -2.58. The highest BCUT2D eigenvalue weighted by Gasteiger charge is 2.73. The molecule has 230 valence electrons. The maximum Gasteiger partial charge on any atom is 0.715 e. The number of hydrogen-bond acceptors (Lipinski definition) is 8. The molecule has 0 aromatic heterocycles. The monoisotopic (exact) mass is 610 g/mol. The predicted octanol–water partition coefficient (Wildman–Crippen LogP) is 6.83. The van der Waals surface area contributed by atoms with Crippen LogP contribution in [0.15, 0.2) is 36.4 Å². The van der Waals surface area contributed by atoms with Gasteiger partial charge < -0.3 is 20.1 Å². The summed E-state index contributed by atoms with van der Waals surface area (Å²) in [7, 11) is 0. The first-order valence-electron chi connectivity index (χ1n) is 15.2. The highest BCUT2D eigenvalue weighted by molar-refractivity contribution is 5.89. The SMILES string of the molecule is CC1CC(C)(C)Nc2cc3c(cc21)C=[N+]1c2cc([N+](=O)[O-])c([N+](=O)[O-])cc2[N+]2=Cc4cc5c(cc4OC12O3)NC(C)(C)CC5C. The summed E-state index contributed by atoms with van der Waals surface area (Å²) in [4.78, 5) is 22.6. The van der Waals surface area contributed by atoms with Gasteiger partial charge in [-0.1, -0.05) is 13.8 Å². The number of anilines is 2. The molecular weight excluding hydrogens is 576 g/mol. The van der Waals surface area contributed by atoms with E-state index in [1.165, 1.54) is 12.1 Å². The van der Waals surface area contributed by atoms with E-state index in [-0.39, 0.29) is 22.9 Å². The van der Waals surface area contributed by atoms with Crippen LogP contribution < -0.4 is 20.1 Å². The van der Waals surface area contributed by atoms with Crippen LogP contribution in [0.3, 0.4) is 0 Å². The minimum atomic E-state index is -1.65. The lowest BCUT2D eigenvalue weighted by Gasteiger charge is -2.38. The third-order valence-corrected chi connectivity index (χ3v) is 9.62. The average molecular weight is 611 g/mol. The molecule has 12 nitrogen and oxygen atoms in total. The quantitative estimate of drug-likeness (QED) is 0.183. The van der Waals surface area contributed by atoms with Gasteiger partial charge in [-0.2, -0.15) is 0 Å². The number of nitrogens with zero attached hydrogens (tertiary/aromatic N) is 4. The van der Waals surface area contributed by atoms with Crippen LogP contribution in [-0.4, -0.2) is 48.5 Å². The summed E-state index contributed by atoms with van der Waals surface area (Å²) in [6.45, 7) is 13.1. The molecule has 0 saturated heterocycles. The third kappa shape index (κ3) is 3.90. The molecule has 0 aliphatic carbocycles. The summed E-state index contributed by atoms with van der Waals surface area (Å²) >= 11 is 0. The van der Waals surface area contributed by atoms with Crippen molar-refractivity contribution in [1.82, 2.24) is 0 Å². The predicted molar refractivity (Wildman–Crippen MR) is 168 cm³/mol. The third-order valence-electron chi connectivity index (χ3n) is 9.62. The largest absolute Gasteiger partial charge is 0.715 e. The highest BCUT2D eigenvalue weighted by Crippen LogP contribution is 2.54. The Hall–Kier alpha value is -5.00. The molecule has 2 unspecified atom stereocenters. The maximum absolute atomic E-state index is 12.0. The van der Waals surface area contributed by atoms with Gasteiger partial charge in [0.25, 0.3) is 11.4 Å². The molecule has 2 atom stereocenters. The number of rotatable bonds is 2. The average Bonchev–Trinajstić information content (AvgIpc) is 3.18. The zero-order chi connectivity index (χ0) is 31.8. The van der Waals surface area contributed by atoms with Crippen LogP contribution in [0, 0.1) is 20.2 Å². The van der Waals surface area contributed by atoms with Gasteiger partial charge in [-0.3, -0.25) is 20.2 Å². The maximum atomic E-state index is 12.0. The second-order valence-corrected chi connectivity index (χ2v) is 14.3. The standard InChI is InChI=1S/C33H32N6O6/c1-17-13-31(3,4)34-23-9-29-19(7-21(17)23)15-36-25-11-27(38(40)41)28(39(42)43)12-26(25)37-16-20-8-22-18(2)14-32(5,6)35-24(22)10-30(20)45-33(36,37)44-29/h7-12,15-18H,13-14H2,1-6H3/p+2. The first-order valence-corrected chi connectivity index (χ1v) is 15.2. The molecule has 0 bridgehead atoms. The number of hydrogen-bond donors (Lipinski definition) is 2. The van der Waals surface area contributed by atoms with E-state index in [1.54, 1.807) is 9.15 Å². The zero-order valence-corrected chi connectivity index (χ0v) is 25.9. The minimum Gasteiger partial charge on any atom is -0.380 e. The van der Waals surface area contributed by atoms with E-state index in [0.29, 0.717) is 22.9 Å². The van der Waals surface area contributed by atoms with Crippen LogP contribution >= 0.6 is 0 Å². The second-order valence-electron chi connectivity index (χ2n) is 14.3. The molecule has 5 heterocycles. The summed E-state index contributed by atoms with van der Waals surface area (Å²) in [5.41, 5.74) is 5.09. The van der Waals surface area contributed by atoms with Crippen LogP contribution in [0.2, 0.25) is 0 Å². The van der Waals surface area contributed by atoms with Crippen molar-refractivity contribution in [3.05, 3.63) is 78.9 Å². The van der Waals surface area contributed by atoms with Crippen LogP contribution in [0.4, 0.5) is 34.1 Å². The van der Waals surface area contributed by atoms with Crippen LogP contribution in [0.25, 0.3) is 0 Å². The Bertz CT molecular complexity index is 1840. The number of fused-ring (bicyclic) bond motifs is 7. The Balaban J connectivity index is 1.37. The molecule has 0 fully saturated rings. The van der Waals surface area contributed by atoms with Gasteiger partial charge >= 0.3 is 17.4 Å². The van der Waals surface area contributed by atoms with Gasteiger partial charge in [0.1, 0.15) is 12.1 Å². The van der Waals surface area contributed by atoms with Crippen molar-refractivity contribution in [3.63, 3.8) is 0 Å². The molecule has 5 aliphatic heterocycles. The van der Waals surface area contributed by atoms with Crippen molar-refractivity contribution in [2.45, 2.75) is 83.3 Å². The van der Waals surface area contributed by atoms with Crippen molar-refractivity contribution in [3.8, 4) is 11.5 Å². The molecule has 3 aromatic carbocycles. The van der Waals surface area contributed by atoms with E-state index in [2.05, 4.69) is 64.3 Å². The first kappa shape index (κ1) is 27.5. The van der Waals surface area contributed by atoms with Crippen molar-refractivity contribution >= 4 is 46.6 Å². The van der Waals surface area contributed by atoms with Gasteiger partial charge in [-0.15, -0.1) is 0 Å². The van der Waals surface area contributed by atoms with E-state index in [9.17, 15) is 20.2 Å². The summed E-state index contributed by atoms with van der Waals surface area (Å²) in [5.74, 6) is 1.69. The molecule has 2 N–H and O–H groups in total. The Morgan fingerprint density at radius 1 is 0.711 bits per heavy atom. The summed E-state index contributed by atoms with van der Waals surface area (Å²) in [6, 6.07) is 8.95. The van der Waals surface area contributed by atoms with Gasteiger partial charge in [-0.25, -0.2) is 0 Å². The van der Waals surface area contributed by atoms with E-state index >= 15 is 0 Å². The molecule has 1 spiro atoms. The van der Waals surface area contributed by atoms with E-state index in [0.717, 1.165) is 46.5 Å². The molecule has 8 rings (SSSR count). The molecule has 12 heteroatoms. The van der Waals surface area contributed by atoms with E-state index in [4.69, 9.17) is 9.47 Å². The summed E-state index contributed by atoms with van der Waals surface area (Å²) < 4.78 is 17.1. The number of nitro benzene ring substituents is 2. The van der Waals surface area contributed by atoms with Crippen molar-refractivity contribution < 1.29 is 28.5 Å². The number of nitro groups is 2. The zero-order valence-electron chi connectivity index (χ0n) is 25.9. The van der Waals surface area contributed by atoms with Gasteiger partial charge in [0.05, 0.1) is 21.0 Å². The van der Waals surface area contributed by atoms with Crippen LogP contribution in [0.1, 0.15) is 88.5 Å². The number of benzene rings is 3. The molecule has 0 amide bonds. The lowest BCUT2D eigenvalue weighted by atomic mass is 9.81. The van der Waals surface area contributed by atoms with Gasteiger partial charge in [0.15, 0.2) is 23.9 Å². The molecule has 0 saturated carbocycles. The molecule has 45 heavy (non-hydrogen) atoms. The van der Waals surface area contributed by atoms with E-state index in [1.807, 2.05) is 24.6 Å². The van der Waals surface area contributed by atoms with Crippen LogP contribution in [0.5, 0.6) is 11.5 Å². The van der Waals surface area contributed by atoms with Gasteiger partial charge in [0.2, 0.25) is 0 Å². The fourth-order valence-corrected chi connectivity index (χ4v) is 7.96. The highest BCUT2D eigenvalue weighted by atomic mass is 16.7. The van der Waals surface area contributed by atoms with E-state index < -0.39 is 27.3 Å². The minimum absolute atomic E-state index is 0.109. The fraction of sp³-hybridized carbons (Fsp3) is 0.394. The molecule has 0 radical (unpaired) electrons. The summed E-state index contributed by atoms with van der Waals surface area (Å²) in [5, 5.41) is 31.3. The Morgan fingerprint density at radius 2 is 1.11 bits per heavy atom. The van der Waals surface area contributed by atoms with Crippen molar-refractivity contribution in [2.75, 3.05) is 10.6 Å². The Kier molecular flexibility index (Phi) is 5.25. The first-order chi connectivity index (χ1) is 21.1. The molecule has 5 aliphatic rings. The van der Waals surface area contributed by atoms with Gasteiger partial charge in [-0.05, 0) is 84.8 Å². The van der Waals surface area contributed by atoms with Crippen molar-refractivity contribution in [2.24, 2.45) is 0 Å². The lowest BCUT2D eigenvalue weighted by molar-refractivity contribution is -0.831. The Labute approximate surface area is 259 Å². The normalized spacial score (nSPS) is 25.4. The Morgan fingerprint density at radius 3 is 1.49 bits per heavy atom. The second kappa shape index (κ2) is 8.58. The molecule has 3 aromatic rings. The smallest absolute Gasteiger partial charge is 0.380 e. The number of ether oxygens (including phenoxy) is 2. The van der Waals surface area contributed by atoms with Crippen LogP contribution in [-0.2, 0) is 0 Å².